The van der Waals surface area contributed by atoms with Gasteiger partial charge in [0, 0.05) is 18.6 Å². The van der Waals surface area contributed by atoms with E-state index in [4.69, 9.17) is 0 Å². The van der Waals surface area contributed by atoms with Crippen molar-refractivity contribution in [2.24, 2.45) is 0 Å². The van der Waals surface area contributed by atoms with Crippen molar-refractivity contribution in [1.82, 2.24) is 9.80 Å². The van der Waals surface area contributed by atoms with Crippen molar-refractivity contribution >= 4 is 5.91 Å². The molecule has 0 spiro atoms. The smallest absolute Gasteiger partial charge is 0.237 e. The van der Waals surface area contributed by atoms with Crippen molar-refractivity contribution < 1.29 is 9.90 Å². The lowest BCUT2D eigenvalue weighted by Gasteiger charge is -2.42. The molecule has 86 valence electrons. The van der Waals surface area contributed by atoms with E-state index < -0.39 is 0 Å². The van der Waals surface area contributed by atoms with Crippen LogP contribution in [0, 0.1) is 0 Å². The van der Waals surface area contributed by atoms with Gasteiger partial charge in [0.15, 0.2) is 0 Å². The van der Waals surface area contributed by atoms with E-state index in [1.165, 1.54) is 0 Å². The van der Waals surface area contributed by atoms with Crippen LogP contribution in [-0.4, -0.2) is 58.6 Å². The van der Waals surface area contributed by atoms with E-state index in [2.05, 4.69) is 18.7 Å². The topological polar surface area (TPSA) is 43.8 Å². The van der Waals surface area contributed by atoms with Gasteiger partial charge in [-0.15, -0.1) is 0 Å². The highest BCUT2D eigenvalue weighted by molar-refractivity contribution is 5.80. The molecule has 1 N–H and O–H groups in total. The molecular weight excluding hydrogens is 192 g/mol. The van der Waals surface area contributed by atoms with Crippen LogP contribution in [0.1, 0.15) is 26.7 Å². The van der Waals surface area contributed by atoms with E-state index >= 15 is 0 Å². The van der Waals surface area contributed by atoms with Gasteiger partial charge in [0.1, 0.15) is 0 Å². The predicted molar refractivity (Wildman–Crippen MR) is 57.5 cm³/mol. The van der Waals surface area contributed by atoms with Crippen molar-refractivity contribution in [2.75, 3.05) is 19.7 Å². The lowest BCUT2D eigenvalue weighted by molar-refractivity contribution is -0.143. The van der Waals surface area contributed by atoms with Gasteiger partial charge in [0.2, 0.25) is 5.91 Å². The second kappa shape index (κ2) is 4.10. The zero-order chi connectivity index (χ0) is 11.0. The molecule has 4 nitrogen and oxygen atoms in total. The summed E-state index contributed by atoms with van der Waals surface area (Å²) < 4.78 is 0. The molecule has 1 saturated heterocycles. The van der Waals surface area contributed by atoms with Gasteiger partial charge >= 0.3 is 0 Å². The first-order valence-corrected chi connectivity index (χ1v) is 5.79. The van der Waals surface area contributed by atoms with Gasteiger partial charge < -0.3 is 10.0 Å². The summed E-state index contributed by atoms with van der Waals surface area (Å²) in [6.45, 7) is 5.61. The zero-order valence-electron chi connectivity index (χ0n) is 9.52. The number of hydrogen-bond donors (Lipinski definition) is 1. The highest BCUT2D eigenvalue weighted by atomic mass is 16.3. The Labute approximate surface area is 90.9 Å². The first-order chi connectivity index (χ1) is 7.13. The molecule has 1 atom stereocenters. The number of carbonyl (C=O) groups is 1. The quantitative estimate of drug-likeness (QED) is 0.719. The largest absolute Gasteiger partial charge is 0.394 e. The normalized spacial score (nSPS) is 28.9. The molecule has 0 aromatic heterocycles. The Bertz CT molecular complexity index is 251. The Kier molecular flexibility index (Phi) is 2.98. The van der Waals surface area contributed by atoms with Gasteiger partial charge in [0.25, 0.3) is 0 Å². The minimum Gasteiger partial charge on any atom is -0.394 e. The van der Waals surface area contributed by atoms with E-state index in [0.29, 0.717) is 18.6 Å². The molecule has 1 saturated carbocycles. The van der Waals surface area contributed by atoms with Crippen LogP contribution in [0.4, 0.5) is 0 Å². The third-order valence-electron chi connectivity index (χ3n) is 3.35. The third-order valence-corrected chi connectivity index (χ3v) is 3.35. The Balaban J connectivity index is 2.05. The average Bonchev–Trinajstić information content (AvgIpc) is 2.99. The van der Waals surface area contributed by atoms with E-state index in [1.807, 2.05) is 4.90 Å². The number of amides is 1. The number of hydrogen-bond acceptors (Lipinski definition) is 3. The van der Waals surface area contributed by atoms with Crippen LogP contribution >= 0.6 is 0 Å². The summed E-state index contributed by atoms with van der Waals surface area (Å²) in [5.41, 5.74) is 0. The number of aliphatic hydroxyl groups excluding tert-OH is 1. The molecule has 4 heteroatoms. The first kappa shape index (κ1) is 10.9. The molecular formula is C11H20N2O2. The van der Waals surface area contributed by atoms with Crippen LogP contribution in [0.3, 0.4) is 0 Å². The summed E-state index contributed by atoms with van der Waals surface area (Å²) in [4.78, 5) is 16.0. The molecule has 1 aliphatic carbocycles. The van der Waals surface area contributed by atoms with Gasteiger partial charge in [-0.05, 0) is 26.7 Å². The number of rotatable bonds is 3. The highest BCUT2D eigenvalue weighted by Crippen LogP contribution is 2.31. The molecule has 0 radical (unpaired) electrons. The molecule has 0 bridgehead atoms. The summed E-state index contributed by atoms with van der Waals surface area (Å²) >= 11 is 0. The molecule has 0 unspecified atom stereocenters. The van der Waals surface area contributed by atoms with Crippen molar-refractivity contribution in [3.63, 3.8) is 0 Å². The number of nitrogens with zero attached hydrogens (tertiary/aromatic N) is 2. The van der Waals surface area contributed by atoms with E-state index in [9.17, 15) is 9.90 Å². The van der Waals surface area contributed by atoms with Gasteiger partial charge in [-0.2, -0.15) is 0 Å². The molecule has 1 amide bonds. The average molecular weight is 212 g/mol. The molecule has 15 heavy (non-hydrogen) atoms. The summed E-state index contributed by atoms with van der Waals surface area (Å²) in [7, 11) is 0. The maximum atomic E-state index is 11.9. The molecule has 2 aliphatic rings. The molecule has 2 fully saturated rings. The van der Waals surface area contributed by atoms with Crippen molar-refractivity contribution in [3.05, 3.63) is 0 Å². The maximum Gasteiger partial charge on any atom is 0.237 e. The number of carbonyl (C=O) groups excluding carboxylic acids is 1. The molecule has 0 aromatic rings. The second-order valence-electron chi connectivity index (χ2n) is 4.89. The molecule has 1 aliphatic heterocycles. The fourth-order valence-corrected chi connectivity index (χ4v) is 2.28. The molecule has 1 heterocycles. The maximum absolute atomic E-state index is 11.9. The first-order valence-electron chi connectivity index (χ1n) is 5.79. The second-order valence-corrected chi connectivity index (χ2v) is 4.89. The molecule has 0 aromatic carbocycles. The van der Waals surface area contributed by atoms with Crippen LogP contribution in [0.5, 0.6) is 0 Å². The number of piperazine rings is 1. The van der Waals surface area contributed by atoms with Crippen molar-refractivity contribution in [1.29, 1.82) is 0 Å². The third kappa shape index (κ3) is 2.16. The van der Waals surface area contributed by atoms with Crippen LogP contribution in [0.25, 0.3) is 0 Å². The van der Waals surface area contributed by atoms with Crippen LogP contribution in [0.15, 0.2) is 0 Å². The van der Waals surface area contributed by atoms with Crippen molar-refractivity contribution in [2.45, 2.75) is 44.8 Å². The molecule has 2 rings (SSSR count). The minimum absolute atomic E-state index is 0.0150. The van der Waals surface area contributed by atoms with Crippen LogP contribution in [0.2, 0.25) is 0 Å². The Hall–Kier alpha value is -0.610. The van der Waals surface area contributed by atoms with Gasteiger partial charge in [-0.25, -0.2) is 0 Å². The summed E-state index contributed by atoms with van der Waals surface area (Å²) in [6, 6.07) is 0.814. The standard InChI is InChI=1S/C11H20N2O2/c1-8(2)12-5-10(7-14)13(9-3-4-9)11(15)6-12/h8-10,14H,3-7H2,1-2H3/t10-/m1/s1. The van der Waals surface area contributed by atoms with Crippen LogP contribution < -0.4 is 0 Å². The van der Waals surface area contributed by atoms with Gasteiger partial charge in [-0.1, -0.05) is 0 Å². The van der Waals surface area contributed by atoms with Crippen molar-refractivity contribution in [3.8, 4) is 0 Å². The Morgan fingerprint density at radius 2 is 2.13 bits per heavy atom. The minimum atomic E-state index is 0.0150. The van der Waals surface area contributed by atoms with E-state index in [-0.39, 0.29) is 18.6 Å². The summed E-state index contributed by atoms with van der Waals surface area (Å²) in [5, 5.41) is 9.33. The Morgan fingerprint density at radius 1 is 1.47 bits per heavy atom. The fourth-order valence-electron chi connectivity index (χ4n) is 2.28. The monoisotopic (exact) mass is 212 g/mol. The Morgan fingerprint density at radius 3 is 2.60 bits per heavy atom. The number of aliphatic hydroxyl groups is 1. The van der Waals surface area contributed by atoms with E-state index in [0.717, 1.165) is 19.4 Å². The van der Waals surface area contributed by atoms with Crippen LogP contribution in [-0.2, 0) is 4.79 Å². The van der Waals surface area contributed by atoms with Gasteiger partial charge in [-0.3, -0.25) is 9.69 Å². The SMILES string of the molecule is CC(C)N1CC(=O)N(C2CC2)[C@@H](CO)C1. The lowest BCUT2D eigenvalue weighted by atomic mass is 10.1. The summed E-state index contributed by atoms with van der Waals surface area (Å²) in [5.74, 6) is 0.191. The van der Waals surface area contributed by atoms with E-state index in [1.54, 1.807) is 0 Å². The van der Waals surface area contributed by atoms with Gasteiger partial charge in [0.05, 0.1) is 19.2 Å². The summed E-state index contributed by atoms with van der Waals surface area (Å²) in [6.07, 6.45) is 2.23. The predicted octanol–water partition coefficient (Wildman–Crippen LogP) is 0.0623. The highest BCUT2D eigenvalue weighted by Gasteiger charge is 2.41. The fraction of sp³-hybridized carbons (Fsp3) is 0.909. The lowest BCUT2D eigenvalue weighted by Crippen LogP contribution is -2.59. The zero-order valence-corrected chi connectivity index (χ0v) is 9.52.